The Balaban J connectivity index is 0. The van der Waals surface area contributed by atoms with Crippen LogP contribution in [-0.4, -0.2) is 17.2 Å². The second kappa shape index (κ2) is 5.36. The molecule has 0 aliphatic rings. The van der Waals surface area contributed by atoms with Gasteiger partial charge in [0.2, 0.25) is 0 Å². The summed E-state index contributed by atoms with van der Waals surface area (Å²) < 4.78 is 10.5. The molecule has 0 heterocycles. The Bertz CT molecular complexity index is 86.0. The quantitative estimate of drug-likeness (QED) is 0.762. The summed E-state index contributed by atoms with van der Waals surface area (Å²) in [6, 6.07) is 0. The topological polar surface area (TPSA) is 37.3 Å². The maximum atomic E-state index is 10.5. The van der Waals surface area contributed by atoms with E-state index < -0.39 is 7.37 Å². The minimum absolute atomic E-state index is 0. The molecule has 8 heavy (non-hydrogen) atoms. The number of hydrogen-bond acceptors (Lipinski definition) is 1. The van der Waals surface area contributed by atoms with E-state index in [1.807, 2.05) is 0 Å². The first-order chi connectivity index (χ1) is 3.12. The molecule has 0 atom stereocenters. The minimum atomic E-state index is -2.65. The zero-order valence-corrected chi connectivity index (χ0v) is 9.25. The average Bonchev–Trinajstić information content (AvgIpc) is 1.68. The molecule has 2 nitrogen and oxygen atoms in total. The van der Waals surface area contributed by atoms with Gasteiger partial charge in [0.15, 0.2) is 7.37 Å². The maximum Gasteiger partial charge on any atom is 0.200 e. The Labute approximate surface area is 83.9 Å². The van der Waals surface area contributed by atoms with Crippen molar-refractivity contribution in [3.63, 3.8) is 0 Å². The van der Waals surface area contributed by atoms with Crippen LogP contribution in [0.1, 0.15) is 13.8 Å². The van der Waals surface area contributed by atoms with Crippen molar-refractivity contribution in [2.75, 3.05) is 12.3 Å². The van der Waals surface area contributed by atoms with Gasteiger partial charge in [0, 0.05) is 54.1 Å². The Morgan fingerprint density at radius 2 is 1.62 bits per heavy atom. The second-order valence-electron chi connectivity index (χ2n) is 1.48. The standard InChI is InChI=1S/C4H11O2P.Ce/c1-3-7(5,6)4-2;/h3-4H2,1-2H3,(H,5,6);. The fourth-order valence-electron chi connectivity index (χ4n) is 0.224. The summed E-state index contributed by atoms with van der Waals surface area (Å²) in [5.41, 5.74) is 0. The summed E-state index contributed by atoms with van der Waals surface area (Å²) in [6.07, 6.45) is 0.812. The second-order valence-corrected chi connectivity index (χ2v) is 4.44. The van der Waals surface area contributed by atoms with Crippen LogP contribution in [0.15, 0.2) is 0 Å². The summed E-state index contributed by atoms with van der Waals surface area (Å²) in [6.45, 7) is 3.45. The van der Waals surface area contributed by atoms with Crippen LogP contribution < -0.4 is 0 Å². The molecule has 0 radical (unpaired) electrons. The number of rotatable bonds is 2. The van der Waals surface area contributed by atoms with Gasteiger partial charge in [0.05, 0.1) is 0 Å². The van der Waals surface area contributed by atoms with Gasteiger partial charge in [0.1, 0.15) is 0 Å². The third kappa shape index (κ3) is 5.70. The fraction of sp³-hybridized carbons (Fsp3) is 1.00. The molecule has 0 aromatic carbocycles. The van der Waals surface area contributed by atoms with Crippen molar-refractivity contribution in [2.45, 2.75) is 13.8 Å². The molecule has 0 amide bonds. The summed E-state index contributed by atoms with van der Waals surface area (Å²) in [5.74, 6) is 0. The van der Waals surface area contributed by atoms with E-state index in [2.05, 4.69) is 0 Å². The molecule has 0 aromatic heterocycles. The van der Waals surface area contributed by atoms with E-state index >= 15 is 0 Å². The van der Waals surface area contributed by atoms with Gasteiger partial charge in [-0.3, -0.25) is 4.57 Å². The van der Waals surface area contributed by atoms with E-state index in [1.165, 1.54) is 0 Å². The number of hydrogen-bond donors (Lipinski definition) is 1. The van der Waals surface area contributed by atoms with E-state index in [4.69, 9.17) is 4.89 Å². The normalized spacial score (nSPS) is 10.4. The van der Waals surface area contributed by atoms with Gasteiger partial charge >= 0.3 is 0 Å². The smallest absolute Gasteiger partial charge is 0.200 e. The zero-order chi connectivity index (χ0) is 5.91. The largest absolute Gasteiger partial charge is 0.344 e. The molecule has 0 rings (SSSR count). The molecular formula is C4H11CeO2P. The summed E-state index contributed by atoms with van der Waals surface area (Å²) >= 11 is 0. The Hall–Kier alpha value is 1.57. The molecule has 0 unspecified atom stereocenters. The van der Waals surface area contributed by atoms with Crippen LogP contribution in [-0.2, 0) is 4.57 Å². The first kappa shape index (κ1) is 12.3. The SMILES string of the molecule is CCP(=O)(O)CC.[Ce]. The summed E-state index contributed by atoms with van der Waals surface area (Å²) in [7, 11) is -2.65. The van der Waals surface area contributed by atoms with Gasteiger partial charge < -0.3 is 4.89 Å². The Morgan fingerprint density at radius 3 is 1.62 bits per heavy atom. The van der Waals surface area contributed by atoms with Gasteiger partial charge in [0.25, 0.3) is 0 Å². The van der Waals surface area contributed by atoms with Gasteiger partial charge in [-0.1, -0.05) is 13.8 Å². The Kier molecular flexibility index (Phi) is 8.21. The first-order valence-electron chi connectivity index (χ1n) is 2.43. The van der Waals surface area contributed by atoms with Crippen molar-refractivity contribution in [3.05, 3.63) is 0 Å². The summed E-state index contributed by atoms with van der Waals surface area (Å²) in [4.78, 5) is 8.69. The van der Waals surface area contributed by atoms with E-state index in [0.717, 1.165) is 0 Å². The van der Waals surface area contributed by atoms with Crippen molar-refractivity contribution in [1.29, 1.82) is 0 Å². The van der Waals surface area contributed by atoms with Gasteiger partial charge in [-0.2, -0.15) is 0 Å². The van der Waals surface area contributed by atoms with Crippen LogP contribution in [0, 0.1) is 41.7 Å². The van der Waals surface area contributed by atoms with Crippen LogP contribution in [0.2, 0.25) is 0 Å². The molecule has 0 bridgehead atoms. The predicted molar refractivity (Wildman–Crippen MR) is 30.9 cm³/mol. The molecule has 48 valence electrons. The van der Waals surface area contributed by atoms with Crippen molar-refractivity contribution in [3.8, 4) is 0 Å². The van der Waals surface area contributed by atoms with E-state index in [9.17, 15) is 4.57 Å². The molecule has 0 aliphatic carbocycles. The van der Waals surface area contributed by atoms with Crippen LogP contribution in [0.25, 0.3) is 0 Å². The van der Waals surface area contributed by atoms with Crippen LogP contribution >= 0.6 is 7.37 Å². The fourth-order valence-corrected chi connectivity index (χ4v) is 0.671. The van der Waals surface area contributed by atoms with Crippen LogP contribution in [0.4, 0.5) is 0 Å². The monoisotopic (exact) mass is 262 g/mol. The molecule has 0 aromatic rings. The van der Waals surface area contributed by atoms with Crippen LogP contribution in [0.3, 0.4) is 0 Å². The first-order valence-corrected chi connectivity index (χ1v) is 4.46. The molecule has 0 fully saturated rings. The third-order valence-electron chi connectivity index (χ3n) is 0.988. The summed E-state index contributed by atoms with van der Waals surface area (Å²) in [5, 5.41) is 0. The minimum Gasteiger partial charge on any atom is -0.344 e. The Morgan fingerprint density at radius 1 is 1.38 bits per heavy atom. The molecule has 0 saturated heterocycles. The van der Waals surface area contributed by atoms with Crippen molar-refractivity contribution in [1.82, 2.24) is 0 Å². The van der Waals surface area contributed by atoms with Gasteiger partial charge in [-0.05, 0) is 0 Å². The molecule has 1 N–H and O–H groups in total. The third-order valence-corrected chi connectivity index (χ3v) is 2.96. The van der Waals surface area contributed by atoms with Crippen LogP contribution in [0.5, 0.6) is 0 Å². The molecule has 0 spiro atoms. The maximum absolute atomic E-state index is 10.5. The molecule has 4 heteroatoms. The predicted octanol–water partition coefficient (Wildman–Crippen LogP) is 1.30. The van der Waals surface area contributed by atoms with Crippen molar-refractivity contribution in [2.24, 2.45) is 0 Å². The van der Waals surface area contributed by atoms with E-state index in [1.54, 1.807) is 13.8 Å². The molecule has 0 aliphatic heterocycles. The zero-order valence-electron chi connectivity index (χ0n) is 5.22. The van der Waals surface area contributed by atoms with E-state index in [-0.39, 0.29) is 41.7 Å². The van der Waals surface area contributed by atoms with Gasteiger partial charge in [-0.15, -0.1) is 0 Å². The van der Waals surface area contributed by atoms with Crippen molar-refractivity contribution < 1.29 is 51.2 Å². The van der Waals surface area contributed by atoms with E-state index in [0.29, 0.717) is 12.3 Å². The molecule has 0 saturated carbocycles. The average molecular weight is 262 g/mol. The van der Waals surface area contributed by atoms with Gasteiger partial charge in [-0.25, -0.2) is 0 Å². The molecular weight excluding hydrogens is 251 g/mol. The van der Waals surface area contributed by atoms with Crippen molar-refractivity contribution >= 4 is 7.37 Å².